The van der Waals surface area contributed by atoms with Gasteiger partial charge in [-0.2, -0.15) is 0 Å². The molecular formula is C25H29NO10. The Morgan fingerprint density at radius 3 is 2.89 bits per heavy atom. The molecule has 11 nitrogen and oxygen atoms in total. The van der Waals surface area contributed by atoms with E-state index in [1.54, 1.807) is 6.07 Å². The zero-order valence-electron chi connectivity index (χ0n) is 24.0. The minimum absolute atomic E-state index is 0.0205. The molecule has 36 heavy (non-hydrogen) atoms. The van der Waals surface area contributed by atoms with Crippen molar-refractivity contribution in [2.24, 2.45) is 0 Å². The number of benzene rings is 1. The number of hydrogen-bond acceptors (Lipinski definition) is 10. The maximum atomic E-state index is 13.2. The first kappa shape index (κ1) is 18.7. The fourth-order valence-electron chi connectivity index (χ4n) is 6.89. The Kier molecular flexibility index (Phi) is 4.14. The molecule has 1 saturated carbocycles. The van der Waals surface area contributed by atoms with Gasteiger partial charge in [0.25, 0.3) is 0 Å². The summed E-state index contributed by atoms with van der Waals surface area (Å²) in [7, 11) is 0. The number of ether oxygens (including phenoxy) is 3. The number of Topliss-reactive ketones (excluding diaryl/α,β-unsaturated/α-hetero) is 1. The molecule has 5 aliphatic rings. The zero-order chi connectivity index (χ0) is 29.8. The molecule has 0 unspecified atom stereocenters. The third-order valence-corrected chi connectivity index (χ3v) is 8.50. The van der Waals surface area contributed by atoms with Gasteiger partial charge >= 0.3 is 5.97 Å². The van der Waals surface area contributed by atoms with E-state index in [0.29, 0.717) is 11.1 Å². The van der Waals surface area contributed by atoms with E-state index in [4.69, 9.17) is 21.1 Å². The van der Waals surface area contributed by atoms with Crippen LogP contribution in [0.2, 0.25) is 0 Å². The fraction of sp³-hybridized carbons (Fsp3) is 0.600. The highest BCUT2D eigenvalue weighted by Crippen LogP contribution is 2.65. The number of carbonyl (C=O) groups excluding carboxylic acids is 1. The van der Waals surface area contributed by atoms with Gasteiger partial charge in [-0.3, -0.25) is 9.69 Å². The highest BCUT2D eigenvalue weighted by Gasteiger charge is 2.73. The Labute approximate surface area is 213 Å². The average molecular weight is 509 g/mol. The van der Waals surface area contributed by atoms with Crippen LogP contribution in [0.25, 0.3) is 0 Å². The highest BCUT2D eigenvalue weighted by atomic mass is 16.7. The van der Waals surface area contributed by atoms with E-state index < -0.39 is 78.9 Å². The molecule has 5 N–H and O–H groups in total. The van der Waals surface area contributed by atoms with Crippen molar-refractivity contribution in [2.45, 2.75) is 79.6 Å². The summed E-state index contributed by atoms with van der Waals surface area (Å²) in [6.45, 7) is -3.55. The van der Waals surface area contributed by atoms with Crippen LogP contribution >= 0.6 is 0 Å². The number of carbonyl (C=O) groups is 2. The number of aliphatic hydroxyl groups is 4. The van der Waals surface area contributed by atoms with Gasteiger partial charge in [0, 0.05) is 33.8 Å². The SMILES string of the molecule is [2H]C([2H])=C([2H])C([2H])([2H])N1CC[C@]23c4c5ccc(O[C@@H]6O[C@H](C(=O)O)[C@@H](O)[C@H](O)[C@H]6O)c4O[C@H]2C(=O)CC[C@@]3(O)[C@H]1C5. The summed E-state index contributed by atoms with van der Waals surface area (Å²) in [6.07, 6.45) is -10.4. The van der Waals surface area contributed by atoms with Crippen LogP contribution in [0.5, 0.6) is 11.5 Å². The number of carboxylic acid groups (broad SMARTS) is 1. The predicted molar refractivity (Wildman–Crippen MR) is 121 cm³/mol. The van der Waals surface area contributed by atoms with Crippen molar-refractivity contribution in [2.75, 3.05) is 13.0 Å². The molecule has 0 aromatic heterocycles. The summed E-state index contributed by atoms with van der Waals surface area (Å²) in [6, 6.07) is 1.26. The lowest BCUT2D eigenvalue weighted by Crippen LogP contribution is -2.76. The first-order valence-electron chi connectivity index (χ1n) is 14.3. The van der Waals surface area contributed by atoms with Gasteiger partial charge in [0.2, 0.25) is 6.29 Å². The molecule has 9 atom stereocenters. The van der Waals surface area contributed by atoms with E-state index >= 15 is 0 Å². The standard InChI is InChI=1S/C25H29NO10/c1-2-8-26-9-7-24-15-11-3-4-13(34-23-18(30)16(28)17(29)20(36-23)22(31)32)19(15)35-21(24)12(27)5-6-25(24,33)14(26)10-11/h2-4,14,16-18,20-21,23,28-30,33H,1,5-10H2,(H,31,32)/t14-,16+,17+,18-,20+,21+,23-,24+,25-/m1/s1/i1D2,2D,8D2. The number of rotatable bonds is 5. The van der Waals surface area contributed by atoms with Crippen LogP contribution in [0.3, 0.4) is 0 Å². The number of aliphatic hydroxyl groups excluding tert-OH is 3. The Morgan fingerprint density at radius 1 is 1.33 bits per heavy atom. The Bertz CT molecular complexity index is 1360. The Morgan fingerprint density at radius 2 is 2.14 bits per heavy atom. The minimum Gasteiger partial charge on any atom is -0.479 e. The fourth-order valence-corrected chi connectivity index (χ4v) is 6.89. The summed E-state index contributed by atoms with van der Waals surface area (Å²) < 4.78 is 57.5. The molecule has 1 aromatic rings. The lowest BCUT2D eigenvalue weighted by Gasteiger charge is -2.62. The van der Waals surface area contributed by atoms with Gasteiger partial charge in [0.15, 0.2) is 29.5 Å². The Hall–Kier alpha value is -2.54. The topological polar surface area (TPSA) is 166 Å². The second-order valence-corrected chi connectivity index (χ2v) is 10.0. The van der Waals surface area contributed by atoms with E-state index in [2.05, 4.69) is 0 Å². The predicted octanol–water partition coefficient (Wildman–Crippen LogP) is -1.13. The molecule has 1 spiro atoms. The van der Waals surface area contributed by atoms with E-state index in [0.717, 1.165) is 0 Å². The highest BCUT2D eigenvalue weighted by molar-refractivity contribution is 5.90. The summed E-state index contributed by atoms with van der Waals surface area (Å²) in [5.74, 6) is -1.87. The first-order valence-corrected chi connectivity index (χ1v) is 11.8. The molecule has 6 rings (SSSR count). The van der Waals surface area contributed by atoms with E-state index in [1.807, 2.05) is 0 Å². The van der Waals surface area contributed by atoms with E-state index in [9.17, 15) is 35.1 Å². The number of ketones is 1. The second kappa shape index (κ2) is 7.98. The molecule has 2 aliphatic carbocycles. The van der Waals surface area contributed by atoms with Crippen molar-refractivity contribution in [3.05, 3.63) is 35.8 Å². The van der Waals surface area contributed by atoms with Crippen molar-refractivity contribution in [1.29, 1.82) is 0 Å². The lowest BCUT2D eigenvalue weighted by atomic mass is 9.49. The van der Waals surface area contributed by atoms with Crippen LogP contribution in [0.15, 0.2) is 24.7 Å². The first-order chi connectivity index (χ1) is 19.2. The summed E-state index contributed by atoms with van der Waals surface area (Å²) in [4.78, 5) is 26.1. The summed E-state index contributed by atoms with van der Waals surface area (Å²) in [5.41, 5.74) is -1.94. The quantitative estimate of drug-likeness (QED) is 0.305. The largest absolute Gasteiger partial charge is 0.479 e. The number of carboxylic acids is 1. The van der Waals surface area contributed by atoms with Gasteiger partial charge in [-0.05, 0) is 30.9 Å². The average Bonchev–Trinajstić information content (AvgIpc) is 3.26. The summed E-state index contributed by atoms with van der Waals surface area (Å²) in [5, 5.41) is 52.4. The molecule has 2 bridgehead atoms. The van der Waals surface area contributed by atoms with Crippen LogP contribution in [0, 0.1) is 0 Å². The number of nitrogens with zero attached hydrogens (tertiary/aromatic N) is 1. The maximum Gasteiger partial charge on any atom is 0.335 e. The molecule has 3 heterocycles. The monoisotopic (exact) mass is 508 g/mol. The molecule has 0 radical (unpaired) electrons. The Balaban J connectivity index is 1.44. The van der Waals surface area contributed by atoms with Crippen molar-refractivity contribution < 1.29 is 56.2 Å². The molecule has 194 valence electrons. The number of piperidine rings is 1. The molecule has 0 amide bonds. The smallest absolute Gasteiger partial charge is 0.335 e. The summed E-state index contributed by atoms with van der Waals surface area (Å²) >= 11 is 0. The van der Waals surface area contributed by atoms with Gasteiger partial charge in [-0.25, -0.2) is 4.79 Å². The van der Waals surface area contributed by atoms with Crippen LogP contribution in [-0.4, -0.2) is 104 Å². The third kappa shape index (κ3) is 2.89. The van der Waals surface area contributed by atoms with Crippen molar-refractivity contribution in [3.63, 3.8) is 0 Å². The van der Waals surface area contributed by atoms with Crippen LogP contribution in [0.4, 0.5) is 0 Å². The van der Waals surface area contributed by atoms with Gasteiger partial charge in [-0.1, -0.05) is 12.1 Å². The van der Waals surface area contributed by atoms with Crippen LogP contribution in [0.1, 0.15) is 37.2 Å². The van der Waals surface area contributed by atoms with Gasteiger partial charge in [0.05, 0.1) is 15.1 Å². The van der Waals surface area contributed by atoms with E-state index in [1.165, 1.54) is 11.0 Å². The van der Waals surface area contributed by atoms with E-state index in [-0.39, 0.29) is 49.5 Å². The number of likely N-dealkylation sites (tertiary alicyclic amines) is 1. The molecular weight excluding hydrogens is 474 g/mol. The number of hydrogen-bond donors (Lipinski definition) is 5. The third-order valence-electron chi connectivity index (χ3n) is 8.50. The van der Waals surface area contributed by atoms with Crippen LogP contribution in [-0.2, 0) is 26.2 Å². The van der Waals surface area contributed by atoms with Crippen molar-refractivity contribution in [3.8, 4) is 11.5 Å². The van der Waals surface area contributed by atoms with Crippen molar-refractivity contribution >= 4 is 11.8 Å². The maximum absolute atomic E-state index is 13.2. The lowest BCUT2D eigenvalue weighted by molar-refractivity contribution is -0.271. The molecule has 11 heteroatoms. The van der Waals surface area contributed by atoms with Gasteiger partial charge in [0.1, 0.15) is 18.3 Å². The zero-order valence-corrected chi connectivity index (χ0v) is 19.0. The molecule has 3 fully saturated rings. The molecule has 1 aromatic carbocycles. The second-order valence-electron chi connectivity index (χ2n) is 10.0. The van der Waals surface area contributed by atoms with Crippen molar-refractivity contribution in [1.82, 2.24) is 4.90 Å². The normalized spacial score (nSPS) is 45.2. The molecule has 2 saturated heterocycles. The number of aliphatic carboxylic acids is 1. The van der Waals surface area contributed by atoms with Crippen LogP contribution < -0.4 is 9.47 Å². The van der Waals surface area contributed by atoms with Gasteiger partial charge in [-0.15, -0.1) is 6.53 Å². The molecule has 3 aliphatic heterocycles. The minimum atomic E-state index is -2.54. The van der Waals surface area contributed by atoms with Gasteiger partial charge < -0.3 is 39.7 Å².